The van der Waals surface area contributed by atoms with E-state index in [9.17, 15) is 4.79 Å². The summed E-state index contributed by atoms with van der Waals surface area (Å²) in [5.41, 5.74) is 3.56. The number of thioether (sulfide) groups is 1. The SMILES string of the molecule is Cc1cc(SCC(=O)Nc2c(Cl)cc(Cl)cc2Cl)nc2c(C)cccc12. The van der Waals surface area contributed by atoms with Crippen molar-refractivity contribution in [3.05, 3.63) is 62.6 Å². The number of rotatable bonds is 4. The van der Waals surface area contributed by atoms with Crippen molar-refractivity contribution in [2.75, 3.05) is 11.1 Å². The van der Waals surface area contributed by atoms with Crippen molar-refractivity contribution in [1.29, 1.82) is 0 Å². The van der Waals surface area contributed by atoms with Crippen molar-refractivity contribution in [2.24, 2.45) is 0 Å². The van der Waals surface area contributed by atoms with Crippen molar-refractivity contribution < 1.29 is 4.79 Å². The highest BCUT2D eigenvalue weighted by Gasteiger charge is 2.13. The number of hydrogen-bond acceptors (Lipinski definition) is 3. The Kier molecular flexibility index (Phi) is 5.98. The number of aryl methyl sites for hydroxylation is 2. The second kappa shape index (κ2) is 8.05. The smallest absolute Gasteiger partial charge is 0.234 e. The Hall–Kier alpha value is -1.46. The third-order valence-corrected chi connectivity index (χ3v) is 5.57. The summed E-state index contributed by atoms with van der Waals surface area (Å²) in [5.74, 6) is -0.0236. The molecule has 0 bridgehead atoms. The van der Waals surface area contributed by atoms with E-state index in [1.807, 2.05) is 32.0 Å². The van der Waals surface area contributed by atoms with Gasteiger partial charge in [0.25, 0.3) is 0 Å². The van der Waals surface area contributed by atoms with Crippen molar-refractivity contribution in [1.82, 2.24) is 4.98 Å². The van der Waals surface area contributed by atoms with Gasteiger partial charge >= 0.3 is 0 Å². The number of carbonyl (C=O) groups is 1. The van der Waals surface area contributed by atoms with Crippen molar-refractivity contribution >= 4 is 69.1 Å². The Bertz CT molecular complexity index is 984. The Morgan fingerprint density at radius 2 is 1.77 bits per heavy atom. The molecule has 0 atom stereocenters. The molecule has 26 heavy (non-hydrogen) atoms. The molecule has 1 amide bonds. The maximum atomic E-state index is 12.3. The van der Waals surface area contributed by atoms with Crippen LogP contribution in [0.25, 0.3) is 10.9 Å². The number of benzene rings is 2. The van der Waals surface area contributed by atoms with Crippen LogP contribution in [0.1, 0.15) is 11.1 Å². The molecule has 0 saturated carbocycles. The topological polar surface area (TPSA) is 42.0 Å². The normalized spacial score (nSPS) is 11.0. The minimum atomic E-state index is -0.217. The first kappa shape index (κ1) is 19.3. The predicted molar refractivity (Wildman–Crippen MR) is 112 cm³/mol. The highest BCUT2D eigenvalue weighted by atomic mass is 35.5. The Morgan fingerprint density at radius 3 is 2.46 bits per heavy atom. The third-order valence-electron chi connectivity index (χ3n) is 3.85. The highest BCUT2D eigenvalue weighted by molar-refractivity contribution is 7.99. The minimum Gasteiger partial charge on any atom is -0.323 e. The maximum Gasteiger partial charge on any atom is 0.234 e. The van der Waals surface area contributed by atoms with Gasteiger partial charge < -0.3 is 5.32 Å². The number of carbonyl (C=O) groups excluding carboxylic acids is 1. The van der Waals surface area contributed by atoms with Crippen LogP contribution in [-0.2, 0) is 4.79 Å². The lowest BCUT2D eigenvalue weighted by atomic mass is 10.1. The molecule has 0 aliphatic heterocycles. The summed E-state index contributed by atoms with van der Waals surface area (Å²) in [6, 6.07) is 11.2. The molecule has 3 nitrogen and oxygen atoms in total. The molecule has 0 aliphatic rings. The van der Waals surface area contributed by atoms with E-state index in [1.165, 1.54) is 23.9 Å². The fourth-order valence-electron chi connectivity index (χ4n) is 2.58. The zero-order valence-corrected chi connectivity index (χ0v) is 17.2. The van der Waals surface area contributed by atoms with Gasteiger partial charge in [0.1, 0.15) is 0 Å². The first-order valence-electron chi connectivity index (χ1n) is 7.79. The zero-order valence-electron chi connectivity index (χ0n) is 14.1. The standard InChI is InChI=1S/C19H15Cl3N2OS/c1-10-4-3-5-13-11(2)6-17(24-18(10)13)26-9-16(25)23-19-14(21)7-12(20)8-15(19)22/h3-8H,9H2,1-2H3,(H,23,25). The van der Waals surface area contributed by atoms with E-state index >= 15 is 0 Å². The van der Waals surface area contributed by atoms with Crippen LogP contribution in [0.3, 0.4) is 0 Å². The molecule has 0 spiro atoms. The first-order chi connectivity index (χ1) is 12.3. The van der Waals surface area contributed by atoms with Crippen molar-refractivity contribution in [3.8, 4) is 0 Å². The number of nitrogens with one attached hydrogen (secondary N) is 1. The lowest BCUT2D eigenvalue weighted by molar-refractivity contribution is -0.113. The van der Waals surface area contributed by atoms with E-state index in [2.05, 4.69) is 16.4 Å². The molecular weight excluding hydrogens is 411 g/mol. The molecular formula is C19H15Cl3N2OS. The molecule has 2 aromatic carbocycles. The van der Waals surface area contributed by atoms with Gasteiger partial charge in [-0.25, -0.2) is 4.98 Å². The minimum absolute atomic E-state index is 0.194. The third kappa shape index (κ3) is 4.26. The summed E-state index contributed by atoms with van der Waals surface area (Å²) in [4.78, 5) is 17.0. The van der Waals surface area contributed by atoms with Crippen LogP contribution < -0.4 is 5.32 Å². The lowest BCUT2D eigenvalue weighted by Gasteiger charge is -2.10. The molecule has 134 valence electrons. The summed E-state index contributed by atoms with van der Waals surface area (Å²) < 4.78 is 0. The van der Waals surface area contributed by atoms with E-state index in [-0.39, 0.29) is 11.7 Å². The molecule has 3 rings (SSSR count). The fraction of sp³-hybridized carbons (Fsp3) is 0.158. The molecule has 7 heteroatoms. The van der Waals surface area contributed by atoms with E-state index < -0.39 is 0 Å². The maximum absolute atomic E-state index is 12.3. The Morgan fingerprint density at radius 1 is 1.08 bits per heavy atom. The number of anilines is 1. The lowest BCUT2D eigenvalue weighted by Crippen LogP contribution is -2.14. The van der Waals surface area contributed by atoms with Gasteiger partial charge in [0.2, 0.25) is 5.91 Å². The van der Waals surface area contributed by atoms with Gasteiger partial charge in [0.15, 0.2) is 0 Å². The van der Waals surface area contributed by atoms with E-state index in [0.717, 1.165) is 27.1 Å². The van der Waals surface area contributed by atoms with Gasteiger partial charge in [-0.3, -0.25) is 4.79 Å². The predicted octanol–water partition coefficient (Wildman–Crippen LogP) is 6.54. The molecule has 1 aromatic heterocycles. The Balaban J connectivity index is 1.74. The van der Waals surface area contributed by atoms with Crippen LogP contribution in [0.2, 0.25) is 15.1 Å². The summed E-state index contributed by atoms with van der Waals surface area (Å²) in [6.45, 7) is 4.07. The second-order valence-corrected chi connectivity index (χ2v) is 8.08. The number of amides is 1. The number of aromatic nitrogens is 1. The van der Waals surface area contributed by atoms with Gasteiger partial charge in [-0.05, 0) is 43.2 Å². The van der Waals surface area contributed by atoms with Crippen molar-refractivity contribution in [2.45, 2.75) is 18.9 Å². The average Bonchev–Trinajstić information content (AvgIpc) is 2.57. The van der Waals surface area contributed by atoms with E-state index in [4.69, 9.17) is 34.8 Å². The molecule has 0 aliphatic carbocycles. The number of fused-ring (bicyclic) bond motifs is 1. The number of para-hydroxylation sites is 1. The molecule has 1 N–H and O–H groups in total. The largest absolute Gasteiger partial charge is 0.323 e. The number of pyridine rings is 1. The summed E-state index contributed by atoms with van der Waals surface area (Å²) in [7, 11) is 0. The van der Waals surface area contributed by atoms with Gasteiger partial charge in [-0.1, -0.05) is 64.8 Å². The number of nitrogens with zero attached hydrogens (tertiary/aromatic N) is 1. The van der Waals surface area contributed by atoms with Crippen LogP contribution in [0.15, 0.2) is 41.4 Å². The van der Waals surface area contributed by atoms with Crippen LogP contribution in [0.4, 0.5) is 5.69 Å². The second-order valence-electron chi connectivity index (χ2n) is 5.83. The molecule has 3 aromatic rings. The summed E-state index contributed by atoms with van der Waals surface area (Å²) in [6.07, 6.45) is 0. The van der Waals surface area contributed by atoms with E-state index in [1.54, 1.807) is 0 Å². The van der Waals surface area contributed by atoms with Crippen LogP contribution >= 0.6 is 46.6 Å². The molecule has 0 saturated heterocycles. The Labute approximate surface area is 171 Å². The monoisotopic (exact) mass is 424 g/mol. The van der Waals surface area contributed by atoms with Gasteiger partial charge in [0, 0.05) is 10.4 Å². The zero-order chi connectivity index (χ0) is 18.8. The van der Waals surface area contributed by atoms with Crippen molar-refractivity contribution in [3.63, 3.8) is 0 Å². The highest BCUT2D eigenvalue weighted by Crippen LogP contribution is 2.34. The summed E-state index contributed by atoms with van der Waals surface area (Å²) in [5, 5.41) is 5.67. The van der Waals surface area contributed by atoms with Crippen LogP contribution in [-0.4, -0.2) is 16.6 Å². The van der Waals surface area contributed by atoms with E-state index in [0.29, 0.717) is 20.8 Å². The molecule has 1 heterocycles. The quantitative estimate of drug-likeness (QED) is 0.482. The molecule has 0 fully saturated rings. The fourth-order valence-corrected chi connectivity index (χ4v) is 4.26. The average molecular weight is 426 g/mol. The number of halogens is 3. The van der Waals surface area contributed by atoms with Gasteiger partial charge in [-0.15, -0.1) is 0 Å². The number of hydrogen-bond donors (Lipinski definition) is 1. The van der Waals surface area contributed by atoms with Crippen LogP contribution in [0, 0.1) is 13.8 Å². The summed E-state index contributed by atoms with van der Waals surface area (Å²) >= 11 is 19.4. The first-order valence-corrected chi connectivity index (χ1v) is 9.91. The molecule has 0 radical (unpaired) electrons. The molecule has 0 unspecified atom stereocenters. The van der Waals surface area contributed by atoms with Gasteiger partial charge in [-0.2, -0.15) is 0 Å². The van der Waals surface area contributed by atoms with Crippen LogP contribution in [0.5, 0.6) is 0 Å². The van der Waals surface area contributed by atoms with Gasteiger partial charge in [0.05, 0.1) is 32.0 Å².